The summed E-state index contributed by atoms with van der Waals surface area (Å²) in [5.41, 5.74) is 1.35. The zero-order valence-corrected chi connectivity index (χ0v) is 9.03. The topological polar surface area (TPSA) is 70.7 Å². The van der Waals surface area contributed by atoms with Crippen LogP contribution in [0.2, 0.25) is 0 Å². The zero-order valence-electron chi connectivity index (χ0n) is 9.03. The standard InChI is InChI=1S/C11H12N4O/c1-15-11(8(6-12)7-13-15)14-9-3-2-4-10(16)5-9/h5,7,14H,2-4H2,1H3. The molecule has 1 aromatic heterocycles. The van der Waals surface area contributed by atoms with Gasteiger partial charge in [-0.05, 0) is 12.8 Å². The Bertz CT molecular complexity index is 493. The van der Waals surface area contributed by atoms with E-state index in [1.807, 2.05) is 0 Å². The van der Waals surface area contributed by atoms with E-state index in [2.05, 4.69) is 16.5 Å². The van der Waals surface area contributed by atoms with Gasteiger partial charge in [-0.2, -0.15) is 10.4 Å². The van der Waals surface area contributed by atoms with E-state index in [1.165, 1.54) is 6.20 Å². The molecule has 0 radical (unpaired) electrons. The molecule has 5 nitrogen and oxygen atoms in total. The van der Waals surface area contributed by atoms with Crippen LogP contribution in [0.3, 0.4) is 0 Å². The molecule has 0 fully saturated rings. The van der Waals surface area contributed by atoms with E-state index < -0.39 is 0 Å². The number of ketones is 1. The zero-order chi connectivity index (χ0) is 11.5. The van der Waals surface area contributed by atoms with Crippen LogP contribution in [0.15, 0.2) is 18.0 Å². The Morgan fingerprint density at radius 3 is 3.06 bits per heavy atom. The molecular weight excluding hydrogens is 204 g/mol. The van der Waals surface area contributed by atoms with Gasteiger partial charge < -0.3 is 5.32 Å². The van der Waals surface area contributed by atoms with Crippen molar-refractivity contribution < 1.29 is 4.79 Å². The highest BCUT2D eigenvalue weighted by molar-refractivity contribution is 5.91. The Hall–Kier alpha value is -2.09. The predicted octanol–water partition coefficient (Wildman–Crippen LogP) is 1.34. The summed E-state index contributed by atoms with van der Waals surface area (Å²) in [7, 11) is 1.76. The molecule has 2 rings (SSSR count). The third-order valence-electron chi connectivity index (χ3n) is 2.54. The number of anilines is 1. The highest BCUT2D eigenvalue weighted by Crippen LogP contribution is 2.20. The molecule has 16 heavy (non-hydrogen) atoms. The summed E-state index contributed by atoms with van der Waals surface area (Å²) in [6, 6.07) is 2.06. The van der Waals surface area contributed by atoms with E-state index in [9.17, 15) is 4.79 Å². The normalized spacial score (nSPS) is 15.5. The monoisotopic (exact) mass is 216 g/mol. The average Bonchev–Trinajstić information content (AvgIpc) is 2.60. The van der Waals surface area contributed by atoms with Gasteiger partial charge in [0.15, 0.2) is 5.78 Å². The molecule has 0 spiro atoms. The number of carbonyl (C=O) groups excluding carboxylic acids is 1. The second-order valence-electron chi connectivity index (χ2n) is 3.76. The molecule has 0 atom stereocenters. The SMILES string of the molecule is Cn1ncc(C#N)c1NC1=CC(=O)CCC1. The van der Waals surface area contributed by atoms with Gasteiger partial charge in [0.05, 0.1) is 6.20 Å². The van der Waals surface area contributed by atoms with Gasteiger partial charge >= 0.3 is 0 Å². The summed E-state index contributed by atoms with van der Waals surface area (Å²) >= 11 is 0. The van der Waals surface area contributed by atoms with E-state index in [0.29, 0.717) is 17.8 Å². The lowest BCUT2D eigenvalue weighted by atomic mass is 10.0. The maximum Gasteiger partial charge on any atom is 0.157 e. The van der Waals surface area contributed by atoms with Crippen molar-refractivity contribution in [2.45, 2.75) is 19.3 Å². The number of allylic oxidation sites excluding steroid dienone is 2. The minimum absolute atomic E-state index is 0.134. The molecule has 5 heteroatoms. The number of hydrogen-bond donors (Lipinski definition) is 1. The number of hydrogen-bond acceptors (Lipinski definition) is 4. The molecular formula is C11H12N4O. The smallest absolute Gasteiger partial charge is 0.157 e. The van der Waals surface area contributed by atoms with Gasteiger partial charge in [0.2, 0.25) is 0 Å². The van der Waals surface area contributed by atoms with Gasteiger partial charge in [0.25, 0.3) is 0 Å². The van der Waals surface area contributed by atoms with Crippen molar-refractivity contribution in [3.63, 3.8) is 0 Å². The number of rotatable bonds is 2. The Morgan fingerprint density at radius 1 is 1.56 bits per heavy atom. The minimum atomic E-state index is 0.134. The van der Waals surface area contributed by atoms with Crippen LogP contribution in [0.1, 0.15) is 24.8 Å². The van der Waals surface area contributed by atoms with E-state index in [4.69, 9.17) is 5.26 Å². The molecule has 0 saturated heterocycles. The van der Waals surface area contributed by atoms with Crippen LogP contribution in [-0.4, -0.2) is 15.6 Å². The molecule has 82 valence electrons. The first-order valence-electron chi connectivity index (χ1n) is 5.13. The van der Waals surface area contributed by atoms with Crippen LogP contribution in [0, 0.1) is 11.3 Å². The van der Waals surface area contributed by atoms with Crippen molar-refractivity contribution >= 4 is 11.6 Å². The predicted molar refractivity (Wildman–Crippen MR) is 58.5 cm³/mol. The number of aromatic nitrogens is 2. The minimum Gasteiger partial charge on any atom is -0.343 e. The van der Waals surface area contributed by atoms with Crippen molar-refractivity contribution in [2.24, 2.45) is 7.05 Å². The number of nitrogens with zero attached hydrogens (tertiary/aromatic N) is 3. The van der Waals surface area contributed by atoms with Gasteiger partial charge in [-0.1, -0.05) is 0 Å². The lowest BCUT2D eigenvalue weighted by Gasteiger charge is -2.14. The molecule has 0 aliphatic heterocycles. The fourth-order valence-electron chi connectivity index (χ4n) is 1.71. The summed E-state index contributed by atoms with van der Waals surface area (Å²) in [4.78, 5) is 11.2. The second-order valence-corrected chi connectivity index (χ2v) is 3.76. The summed E-state index contributed by atoms with van der Waals surface area (Å²) in [6.07, 6.45) is 5.42. The number of aryl methyl sites for hydroxylation is 1. The number of carbonyl (C=O) groups is 1. The first-order chi connectivity index (χ1) is 7.70. The quantitative estimate of drug-likeness (QED) is 0.809. The van der Waals surface area contributed by atoms with Crippen LogP contribution < -0.4 is 5.32 Å². The van der Waals surface area contributed by atoms with Crippen LogP contribution in [0.4, 0.5) is 5.82 Å². The lowest BCUT2D eigenvalue weighted by Crippen LogP contribution is -2.11. The highest BCUT2D eigenvalue weighted by atomic mass is 16.1. The molecule has 0 bridgehead atoms. The lowest BCUT2D eigenvalue weighted by molar-refractivity contribution is -0.115. The first-order valence-corrected chi connectivity index (χ1v) is 5.13. The molecule has 0 saturated carbocycles. The molecule has 0 aromatic carbocycles. The Morgan fingerprint density at radius 2 is 2.38 bits per heavy atom. The van der Waals surface area contributed by atoms with Crippen molar-refractivity contribution in [3.05, 3.63) is 23.5 Å². The molecule has 0 unspecified atom stereocenters. The maximum absolute atomic E-state index is 11.2. The van der Waals surface area contributed by atoms with Gasteiger partial charge in [-0.15, -0.1) is 0 Å². The first kappa shape index (κ1) is 10.4. The van der Waals surface area contributed by atoms with Gasteiger partial charge in [-0.25, -0.2) is 0 Å². The van der Waals surface area contributed by atoms with E-state index in [-0.39, 0.29) is 5.78 Å². The van der Waals surface area contributed by atoms with E-state index in [0.717, 1.165) is 18.5 Å². The van der Waals surface area contributed by atoms with Crippen LogP contribution in [0.5, 0.6) is 0 Å². The van der Waals surface area contributed by atoms with E-state index in [1.54, 1.807) is 17.8 Å². The van der Waals surface area contributed by atoms with Crippen LogP contribution >= 0.6 is 0 Å². The third kappa shape index (κ3) is 1.96. The maximum atomic E-state index is 11.2. The van der Waals surface area contributed by atoms with Crippen molar-refractivity contribution in [2.75, 3.05) is 5.32 Å². The van der Waals surface area contributed by atoms with Crippen LogP contribution in [0.25, 0.3) is 0 Å². The van der Waals surface area contributed by atoms with Crippen molar-refractivity contribution in [1.29, 1.82) is 5.26 Å². The number of nitrogens with one attached hydrogen (secondary N) is 1. The van der Waals surface area contributed by atoms with E-state index >= 15 is 0 Å². The highest BCUT2D eigenvalue weighted by Gasteiger charge is 2.13. The number of nitriles is 1. The average molecular weight is 216 g/mol. The summed E-state index contributed by atoms with van der Waals surface area (Å²) in [6.45, 7) is 0. The molecule has 1 aliphatic carbocycles. The van der Waals surface area contributed by atoms with Gasteiger partial charge in [-0.3, -0.25) is 9.48 Å². The van der Waals surface area contributed by atoms with Gasteiger partial charge in [0, 0.05) is 25.2 Å². The molecule has 1 heterocycles. The fraction of sp³-hybridized carbons (Fsp3) is 0.364. The third-order valence-corrected chi connectivity index (χ3v) is 2.54. The van der Waals surface area contributed by atoms with Crippen LogP contribution in [-0.2, 0) is 11.8 Å². The molecule has 0 amide bonds. The fourth-order valence-corrected chi connectivity index (χ4v) is 1.71. The Kier molecular flexibility index (Phi) is 2.73. The van der Waals surface area contributed by atoms with Crippen molar-refractivity contribution in [3.8, 4) is 6.07 Å². The van der Waals surface area contributed by atoms with Crippen molar-refractivity contribution in [1.82, 2.24) is 9.78 Å². The second kappa shape index (κ2) is 4.19. The Balaban J connectivity index is 2.24. The summed E-state index contributed by atoms with van der Waals surface area (Å²) in [5, 5.41) is 16.0. The van der Waals surface area contributed by atoms with Gasteiger partial charge in [0.1, 0.15) is 17.5 Å². The molecule has 1 N–H and O–H groups in total. The summed E-state index contributed by atoms with van der Waals surface area (Å²) < 4.78 is 1.60. The Labute approximate surface area is 93.4 Å². The largest absolute Gasteiger partial charge is 0.343 e. The molecule has 1 aliphatic rings. The summed E-state index contributed by atoms with van der Waals surface area (Å²) in [5.74, 6) is 0.776. The molecule has 1 aromatic rings.